The van der Waals surface area contributed by atoms with E-state index >= 15 is 0 Å². The third-order valence-electron chi connectivity index (χ3n) is 3.02. The molecule has 0 spiro atoms. The van der Waals surface area contributed by atoms with Gasteiger partial charge in [-0.1, -0.05) is 18.2 Å². The summed E-state index contributed by atoms with van der Waals surface area (Å²) < 4.78 is 18.0. The molecular weight excluding hydrogens is 195 g/mol. The van der Waals surface area contributed by atoms with Gasteiger partial charge in [0.25, 0.3) is 0 Å². The van der Waals surface area contributed by atoms with Gasteiger partial charge in [-0.05, 0) is 30.4 Å². The van der Waals surface area contributed by atoms with Crippen LogP contribution in [0.1, 0.15) is 24.3 Å². The maximum atomic E-state index is 13.4. The Hall–Kier alpha value is -1.38. The van der Waals surface area contributed by atoms with E-state index in [1.165, 1.54) is 13.2 Å². The largest absolute Gasteiger partial charge is 0.469 e. The average molecular weight is 208 g/mol. The zero-order chi connectivity index (χ0) is 10.8. The molecule has 0 amide bonds. The molecule has 0 saturated heterocycles. The summed E-state index contributed by atoms with van der Waals surface area (Å²) in [5.41, 5.74) is 0.720. The highest BCUT2D eigenvalue weighted by atomic mass is 19.1. The van der Waals surface area contributed by atoms with E-state index < -0.39 is 0 Å². The molecule has 0 radical (unpaired) electrons. The third kappa shape index (κ3) is 1.87. The fraction of sp³-hybridized carbons (Fsp3) is 0.417. The average Bonchev–Trinajstić information content (AvgIpc) is 2.18. The van der Waals surface area contributed by atoms with Crippen LogP contribution < -0.4 is 0 Å². The molecule has 1 aromatic carbocycles. The minimum Gasteiger partial charge on any atom is -0.469 e. The van der Waals surface area contributed by atoms with Gasteiger partial charge in [0, 0.05) is 0 Å². The molecule has 0 bridgehead atoms. The molecule has 2 rings (SSSR count). The summed E-state index contributed by atoms with van der Waals surface area (Å²) in [4.78, 5) is 11.1. The van der Waals surface area contributed by atoms with Gasteiger partial charge < -0.3 is 4.74 Å². The van der Waals surface area contributed by atoms with E-state index in [1.807, 2.05) is 6.07 Å². The van der Waals surface area contributed by atoms with Crippen molar-refractivity contribution < 1.29 is 13.9 Å². The van der Waals surface area contributed by atoms with Gasteiger partial charge >= 0.3 is 5.97 Å². The molecule has 3 heteroatoms. The van der Waals surface area contributed by atoms with E-state index in [4.69, 9.17) is 0 Å². The fourth-order valence-corrected chi connectivity index (χ4v) is 2.04. The highest BCUT2D eigenvalue weighted by Gasteiger charge is 2.37. The van der Waals surface area contributed by atoms with Crippen molar-refractivity contribution in [3.63, 3.8) is 0 Å². The molecule has 0 N–H and O–H groups in total. The first-order valence-electron chi connectivity index (χ1n) is 5.04. The maximum absolute atomic E-state index is 13.4. The van der Waals surface area contributed by atoms with Crippen LogP contribution in [0.15, 0.2) is 24.3 Å². The van der Waals surface area contributed by atoms with Crippen LogP contribution >= 0.6 is 0 Å². The number of carbonyl (C=O) groups is 1. The maximum Gasteiger partial charge on any atom is 0.308 e. The van der Waals surface area contributed by atoms with E-state index in [1.54, 1.807) is 12.1 Å². The van der Waals surface area contributed by atoms with Gasteiger partial charge in [0.15, 0.2) is 0 Å². The topological polar surface area (TPSA) is 26.3 Å². The van der Waals surface area contributed by atoms with Gasteiger partial charge in [0.2, 0.25) is 0 Å². The summed E-state index contributed by atoms with van der Waals surface area (Å²) in [5.74, 6) is -0.219. The number of ether oxygens (including phenoxy) is 1. The van der Waals surface area contributed by atoms with Crippen LogP contribution in [-0.4, -0.2) is 13.1 Å². The lowest BCUT2D eigenvalue weighted by atomic mass is 9.71. The first-order valence-corrected chi connectivity index (χ1v) is 5.04. The quantitative estimate of drug-likeness (QED) is 0.698. The van der Waals surface area contributed by atoms with E-state index in [-0.39, 0.29) is 23.6 Å². The molecule has 1 fully saturated rings. The van der Waals surface area contributed by atoms with Crippen molar-refractivity contribution >= 4 is 5.97 Å². The molecule has 1 saturated carbocycles. The summed E-state index contributed by atoms with van der Waals surface area (Å²) in [6.07, 6.45) is 1.40. The lowest BCUT2D eigenvalue weighted by Crippen LogP contribution is -2.30. The van der Waals surface area contributed by atoms with Crippen LogP contribution in [0.3, 0.4) is 0 Å². The molecule has 0 heterocycles. The predicted octanol–water partition coefficient (Wildman–Crippen LogP) is 2.49. The second kappa shape index (κ2) is 4.01. The van der Waals surface area contributed by atoms with Crippen molar-refractivity contribution in [1.29, 1.82) is 0 Å². The Morgan fingerprint density at radius 3 is 2.67 bits per heavy atom. The molecule has 1 aliphatic carbocycles. The molecule has 0 aromatic heterocycles. The normalized spacial score (nSPS) is 24.4. The van der Waals surface area contributed by atoms with Gasteiger partial charge in [-0.3, -0.25) is 4.79 Å². The molecule has 1 aliphatic rings. The van der Waals surface area contributed by atoms with E-state index in [2.05, 4.69) is 4.74 Å². The van der Waals surface area contributed by atoms with Crippen molar-refractivity contribution in [2.24, 2.45) is 5.92 Å². The van der Waals surface area contributed by atoms with Crippen LogP contribution in [-0.2, 0) is 9.53 Å². The first-order chi connectivity index (χ1) is 7.22. The number of hydrogen-bond donors (Lipinski definition) is 0. The minimum atomic E-state index is -0.178. The van der Waals surface area contributed by atoms with Gasteiger partial charge in [-0.25, -0.2) is 4.39 Å². The summed E-state index contributed by atoms with van der Waals surface area (Å²) in [6, 6.07) is 6.74. The van der Waals surface area contributed by atoms with Crippen LogP contribution in [0.4, 0.5) is 4.39 Å². The van der Waals surface area contributed by atoms with Gasteiger partial charge in [0.1, 0.15) is 5.82 Å². The van der Waals surface area contributed by atoms with Crippen molar-refractivity contribution in [2.75, 3.05) is 7.11 Å². The summed E-state index contributed by atoms with van der Waals surface area (Å²) in [6.45, 7) is 0. The Bertz CT molecular complexity index is 370. The Kier molecular flexibility index (Phi) is 2.71. The molecule has 80 valence electrons. The van der Waals surface area contributed by atoms with Gasteiger partial charge in [-0.2, -0.15) is 0 Å². The van der Waals surface area contributed by atoms with Crippen LogP contribution in [0.5, 0.6) is 0 Å². The number of methoxy groups -OCH3 is 1. The molecule has 0 aliphatic heterocycles. The Balaban J connectivity index is 2.00. The first kappa shape index (κ1) is 10.1. The van der Waals surface area contributed by atoms with Crippen LogP contribution in [0.25, 0.3) is 0 Å². The Labute approximate surface area is 88.1 Å². The van der Waals surface area contributed by atoms with E-state index in [0.29, 0.717) is 12.8 Å². The standard InChI is InChI=1S/C12H13FO2/c1-15-12(14)9-6-8(7-9)10-4-2-3-5-11(10)13/h2-5,8-9H,6-7H2,1H3. The number of carbonyl (C=O) groups excluding carboxylic acids is 1. The highest BCUT2D eigenvalue weighted by Crippen LogP contribution is 2.42. The molecule has 15 heavy (non-hydrogen) atoms. The third-order valence-corrected chi connectivity index (χ3v) is 3.02. The lowest BCUT2D eigenvalue weighted by Gasteiger charge is -2.33. The number of rotatable bonds is 2. The van der Waals surface area contributed by atoms with E-state index in [0.717, 1.165) is 5.56 Å². The lowest BCUT2D eigenvalue weighted by molar-refractivity contribution is -0.148. The second-order valence-corrected chi connectivity index (χ2v) is 3.91. The number of esters is 1. The van der Waals surface area contributed by atoms with Crippen LogP contribution in [0.2, 0.25) is 0 Å². The number of hydrogen-bond acceptors (Lipinski definition) is 2. The zero-order valence-corrected chi connectivity index (χ0v) is 8.57. The fourth-order valence-electron chi connectivity index (χ4n) is 2.04. The Morgan fingerprint density at radius 1 is 1.40 bits per heavy atom. The summed E-state index contributed by atoms with van der Waals surface area (Å²) >= 11 is 0. The molecule has 2 nitrogen and oxygen atoms in total. The summed E-state index contributed by atoms with van der Waals surface area (Å²) in [5, 5.41) is 0. The SMILES string of the molecule is COC(=O)C1CC(c2ccccc2F)C1. The van der Waals surface area contributed by atoms with Crippen LogP contribution in [0, 0.1) is 11.7 Å². The predicted molar refractivity (Wildman–Crippen MR) is 53.9 cm³/mol. The monoisotopic (exact) mass is 208 g/mol. The second-order valence-electron chi connectivity index (χ2n) is 3.91. The smallest absolute Gasteiger partial charge is 0.308 e. The van der Waals surface area contributed by atoms with Crippen molar-refractivity contribution in [3.05, 3.63) is 35.6 Å². The van der Waals surface area contributed by atoms with E-state index in [9.17, 15) is 9.18 Å². The van der Waals surface area contributed by atoms with Crippen molar-refractivity contribution in [2.45, 2.75) is 18.8 Å². The molecular formula is C12H13FO2. The Morgan fingerprint density at radius 2 is 2.07 bits per heavy atom. The van der Waals surface area contributed by atoms with Gasteiger partial charge in [-0.15, -0.1) is 0 Å². The molecule has 1 aromatic rings. The van der Waals surface area contributed by atoms with Gasteiger partial charge in [0.05, 0.1) is 13.0 Å². The van der Waals surface area contributed by atoms with Crippen molar-refractivity contribution in [1.82, 2.24) is 0 Å². The molecule has 0 unspecified atom stereocenters. The number of benzene rings is 1. The summed E-state index contributed by atoms with van der Waals surface area (Å²) in [7, 11) is 1.39. The molecule has 0 atom stereocenters. The highest BCUT2D eigenvalue weighted by molar-refractivity contribution is 5.73. The minimum absolute atomic E-state index is 0.0420. The number of halogens is 1. The van der Waals surface area contributed by atoms with Crippen molar-refractivity contribution in [3.8, 4) is 0 Å². The zero-order valence-electron chi connectivity index (χ0n) is 8.57.